The number of likely N-dealkylation sites (N-methyl/N-ethyl adjacent to an activating group) is 1. The van der Waals surface area contributed by atoms with Crippen LogP contribution >= 0.6 is 0 Å². The van der Waals surface area contributed by atoms with E-state index in [1.165, 1.54) is 6.20 Å². The molecule has 0 fully saturated rings. The minimum Gasteiger partial charge on any atom is -0.372 e. The Kier molecular flexibility index (Phi) is 5.35. The van der Waals surface area contributed by atoms with Gasteiger partial charge in [0, 0.05) is 20.1 Å². The first-order valence-corrected chi connectivity index (χ1v) is 5.64. The van der Waals surface area contributed by atoms with E-state index in [1.54, 1.807) is 13.2 Å². The third-order valence-corrected chi connectivity index (χ3v) is 2.44. The number of anilines is 1. The zero-order chi connectivity index (χ0) is 12.7. The maximum Gasteiger partial charge on any atom is 0.271 e. The van der Waals surface area contributed by atoms with Crippen molar-refractivity contribution in [3.8, 4) is 0 Å². The molecule has 1 amide bonds. The Morgan fingerprint density at radius 1 is 1.47 bits per heavy atom. The number of hydrogen-bond acceptors (Lipinski definition) is 5. The number of amides is 1. The zero-order valence-electron chi connectivity index (χ0n) is 10.5. The molecule has 0 saturated carbocycles. The van der Waals surface area contributed by atoms with Gasteiger partial charge in [-0.25, -0.2) is 4.98 Å². The highest BCUT2D eigenvalue weighted by molar-refractivity contribution is 5.92. The minimum absolute atomic E-state index is 0.195. The van der Waals surface area contributed by atoms with Crippen LogP contribution in [0, 0.1) is 0 Å². The molecule has 0 bridgehead atoms. The van der Waals surface area contributed by atoms with Crippen LogP contribution < -0.4 is 10.6 Å². The fraction of sp³-hybridized carbons (Fsp3) is 0.545. The molecule has 6 nitrogen and oxygen atoms in total. The molecule has 1 aromatic heterocycles. The van der Waals surface area contributed by atoms with Crippen LogP contribution in [0.2, 0.25) is 0 Å². The number of nitrogens with one attached hydrogen (secondary N) is 2. The normalized spacial score (nSPS) is 10.4. The third kappa shape index (κ3) is 4.36. The summed E-state index contributed by atoms with van der Waals surface area (Å²) in [4.78, 5) is 21.9. The summed E-state index contributed by atoms with van der Waals surface area (Å²) in [6.07, 6.45) is 3.03. The van der Waals surface area contributed by atoms with Crippen molar-refractivity contribution < 1.29 is 4.79 Å². The Hall–Kier alpha value is -1.69. The molecule has 94 valence electrons. The first-order valence-electron chi connectivity index (χ1n) is 5.64. The van der Waals surface area contributed by atoms with Crippen molar-refractivity contribution in [2.24, 2.45) is 0 Å². The van der Waals surface area contributed by atoms with E-state index in [4.69, 9.17) is 0 Å². The van der Waals surface area contributed by atoms with Crippen LogP contribution in [0.4, 0.5) is 5.82 Å². The fourth-order valence-corrected chi connectivity index (χ4v) is 1.20. The van der Waals surface area contributed by atoms with Gasteiger partial charge in [0.15, 0.2) is 0 Å². The predicted octanol–water partition coefficient (Wildman–Crippen LogP) is 0.200. The van der Waals surface area contributed by atoms with Crippen LogP contribution in [0.5, 0.6) is 0 Å². The van der Waals surface area contributed by atoms with E-state index in [-0.39, 0.29) is 5.91 Å². The number of hydrogen-bond donors (Lipinski definition) is 2. The van der Waals surface area contributed by atoms with Gasteiger partial charge in [0.25, 0.3) is 5.91 Å². The van der Waals surface area contributed by atoms with E-state index in [1.807, 2.05) is 7.05 Å². The molecule has 0 unspecified atom stereocenters. The van der Waals surface area contributed by atoms with Crippen molar-refractivity contribution in [3.05, 3.63) is 18.1 Å². The predicted molar refractivity (Wildman–Crippen MR) is 67.1 cm³/mol. The first kappa shape index (κ1) is 13.4. The van der Waals surface area contributed by atoms with Crippen molar-refractivity contribution in [2.75, 3.05) is 39.0 Å². The molecule has 17 heavy (non-hydrogen) atoms. The highest BCUT2D eigenvalue weighted by Crippen LogP contribution is 2.00. The van der Waals surface area contributed by atoms with E-state index < -0.39 is 0 Å². The fourth-order valence-electron chi connectivity index (χ4n) is 1.20. The topological polar surface area (TPSA) is 70.2 Å². The lowest BCUT2D eigenvalue weighted by atomic mass is 10.4. The standard InChI is InChI=1S/C11H19N5O/c1-4-16(3)6-5-14-11(17)9-7-13-8-10(12-2)15-9/h7-8H,4-6H2,1-3H3,(H,12,15)(H,14,17). The van der Waals surface area contributed by atoms with Crippen molar-refractivity contribution in [1.82, 2.24) is 20.2 Å². The molecular formula is C11H19N5O. The summed E-state index contributed by atoms with van der Waals surface area (Å²) >= 11 is 0. The van der Waals surface area contributed by atoms with Gasteiger partial charge in [-0.15, -0.1) is 0 Å². The Labute approximate surface area is 101 Å². The number of nitrogens with zero attached hydrogens (tertiary/aromatic N) is 3. The minimum atomic E-state index is -0.195. The van der Waals surface area contributed by atoms with Crippen molar-refractivity contribution in [3.63, 3.8) is 0 Å². The molecule has 0 aromatic carbocycles. The van der Waals surface area contributed by atoms with E-state index >= 15 is 0 Å². The summed E-state index contributed by atoms with van der Waals surface area (Å²) in [6, 6.07) is 0. The Morgan fingerprint density at radius 3 is 2.88 bits per heavy atom. The number of rotatable bonds is 6. The van der Waals surface area contributed by atoms with Gasteiger partial charge in [0.05, 0.1) is 12.4 Å². The molecule has 0 aliphatic rings. The van der Waals surface area contributed by atoms with Crippen LogP contribution in [0.15, 0.2) is 12.4 Å². The van der Waals surface area contributed by atoms with E-state index in [0.717, 1.165) is 13.1 Å². The van der Waals surface area contributed by atoms with Gasteiger partial charge in [-0.2, -0.15) is 0 Å². The average Bonchev–Trinajstić information content (AvgIpc) is 2.38. The summed E-state index contributed by atoms with van der Waals surface area (Å²) in [5.41, 5.74) is 0.330. The molecule has 0 saturated heterocycles. The lowest BCUT2D eigenvalue weighted by Gasteiger charge is -2.13. The lowest BCUT2D eigenvalue weighted by Crippen LogP contribution is -2.33. The maximum atomic E-state index is 11.7. The van der Waals surface area contributed by atoms with E-state index in [0.29, 0.717) is 18.1 Å². The summed E-state index contributed by atoms with van der Waals surface area (Å²) < 4.78 is 0. The molecule has 1 rings (SSSR count). The molecule has 0 aliphatic heterocycles. The second kappa shape index (κ2) is 6.80. The average molecular weight is 237 g/mol. The smallest absolute Gasteiger partial charge is 0.271 e. The van der Waals surface area contributed by atoms with Crippen molar-refractivity contribution in [2.45, 2.75) is 6.92 Å². The van der Waals surface area contributed by atoms with Gasteiger partial charge in [0.2, 0.25) is 0 Å². The monoisotopic (exact) mass is 237 g/mol. The Balaban J connectivity index is 2.46. The number of aromatic nitrogens is 2. The van der Waals surface area contributed by atoms with Crippen LogP contribution in [0.1, 0.15) is 17.4 Å². The molecule has 6 heteroatoms. The maximum absolute atomic E-state index is 11.7. The Bertz CT molecular complexity index is 369. The van der Waals surface area contributed by atoms with Crippen LogP contribution in [0.3, 0.4) is 0 Å². The van der Waals surface area contributed by atoms with Gasteiger partial charge in [-0.1, -0.05) is 6.92 Å². The summed E-state index contributed by atoms with van der Waals surface area (Å²) in [6.45, 7) is 4.46. The van der Waals surface area contributed by atoms with Gasteiger partial charge in [-0.05, 0) is 13.6 Å². The van der Waals surface area contributed by atoms with Gasteiger partial charge >= 0.3 is 0 Å². The lowest BCUT2D eigenvalue weighted by molar-refractivity contribution is 0.0945. The summed E-state index contributed by atoms with van der Waals surface area (Å²) in [7, 11) is 3.75. The molecule has 2 N–H and O–H groups in total. The van der Waals surface area contributed by atoms with Crippen LogP contribution in [0.25, 0.3) is 0 Å². The second-order valence-electron chi connectivity index (χ2n) is 3.69. The van der Waals surface area contributed by atoms with Gasteiger partial charge < -0.3 is 15.5 Å². The second-order valence-corrected chi connectivity index (χ2v) is 3.69. The molecule has 0 spiro atoms. The third-order valence-electron chi connectivity index (χ3n) is 2.44. The SMILES string of the molecule is CCN(C)CCNC(=O)c1cncc(NC)n1. The number of carbonyl (C=O) groups is 1. The van der Waals surface area contributed by atoms with Crippen molar-refractivity contribution in [1.29, 1.82) is 0 Å². The van der Waals surface area contributed by atoms with Crippen LogP contribution in [-0.4, -0.2) is 54.5 Å². The first-order chi connectivity index (χ1) is 8.17. The molecule has 0 aliphatic carbocycles. The Morgan fingerprint density at radius 2 is 2.24 bits per heavy atom. The van der Waals surface area contributed by atoms with E-state index in [2.05, 4.69) is 32.4 Å². The highest BCUT2D eigenvalue weighted by atomic mass is 16.1. The quantitative estimate of drug-likeness (QED) is 0.739. The molecule has 0 atom stereocenters. The van der Waals surface area contributed by atoms with E-state index in [9.17, 15) is 4.79 Å². The van der Waals surface area contributed by atoms with Crippen molar-refractivity contribution >= 4 is 11.7 Å². The molecule has 0 radical (unpaired) electrons. The van der Waals surface area contributed by atoms with Gasteiger partial charge in [-0.3, -0.25) is 9.78 Å². The molecule has 1 aromatic rings. The number of carbonyl (C=O) groups excluding carboxylic acids is 1. The van der Waals surface area contributed by atoms with Gasteiger partial charge in [0.1, 0.15) is 11.5 Å². The molecule has 1 heterocycles. The largest absolute Gasteiger partial charge is 0.372 e. The zero-order valence-corrected chi connectivity index (χ0v) is 10.5. The summed E-state index contributed by atoms with van der Waals surface area (Å²) in [5.74, 6) is 0.391. The molecular weight excluding hydrogens is 218 g/mol. The highest BCUT2D eigenvalue weighted by Gasteiger charge is 2.07. The van der Waals surface area contributed by atoms with Crippen LogP contribution in [-0.2, 0) is 0 Å². The summed E-state index contributed by atoms with van der Waals surface area (Å²) in [5, 5.41) is 5.65.